The smallest absolute Gasteiger partial charge is 0.0357 e. The molecule has 1 atom stereocenters. The second kappa shape index (κ2) is 3.83. The lowest BCUT2D eigenvalue weighted by Crippen LogP contribution is -2.41. The molecule has 0 aromatic carbocycles. The summed E-state index contributed by atoms with van der Waals surface area (Å²) >= 11 is 0. The first-order valence-electron chi connectivity index (χ1n) is 2.90. The molecule has 0 saturated heterocycles. The van der Waals surface area contributed by atoms with Crippen molar-refractivity contribution in [1.82, 2.24) is 5.01 Å². The molecule has 0 heterocycles. The van der Waals surface area contributed by atoms with Crippen LogP contribution in [0, 0.1) is 0 Å². The Bertz CT molecular complexity index is 49.6. The summed E-state index contributed by atoms with van der Waals surface area (Å²) in [6.07, 6.45) is 1.02. The predicted molar refractivity (Wildman–Crippen MR) is 35.1 cm³/mol. The van der Waals surface area contributed by atoms with Crippen LogP contribution in [0.5, 0.6) is 0 Å². The fourth-order valence-electron chi connectivity index (χ4n) is 0.621. The van der Waals surface area contributed by atoms with Crippen LogP contribution in [0.25, 0.3) is 0 Å². The van der Waals surface area contributed by atoms with Crippen LogP contribution in [-0.2, 0) is 0 Å². The fraction of sp³-hybridized carbons (Fsp3) is 1.00. The lowest BCUT2D eigenvalue weighted by atomic mass is 10.2. The second-order valence-corrected chi connectivity index (χ2v) is 1.96. The first kappa shape index (κ1) is 7.88. The van der Waals surface area contributed by atoms with Crippen molar-refractivity contribution in [3.63, 3.8) is 0 Å². The van der Waals surface area contributed by atoms with Crippen LogP contribution in [-0.4, -0.2) is 24.6 Å². The zero-order valence-corrected chi connectivity index (χ0v) is 5.59. The lowest BCUT2D eigenvalue weighted by Gasteiger charge is -2.19. The van der Waals surface area contributed by atoms with Crippen LogP contribution in [0.2, 0.25) is 0 Å². The van der Waals surface area contributed by atoms with Gasteiger partial charge in [-0.1, -0.05) is 6.92 Å². The van der Waals surface area contributed by atoms with E-state index in [1.165, 1.54) is 0 Å². The SMILES string of the molecule is CCC(CN)N(C)N. The average Bonchev–Trinajstić information content (AvgIpc) is 1.69. The maximum atomic E-state index is 5.41. The monoisotopic (exact) mass is 117 g/mol. The highest BCUT2D eigenvalue weighted by atomic mass is 15.4. The second-order valence-electron chi connectivity index (χ2n) is 1.96. The average molecular weight is 117 g/mol. The Kier molecular flexibility index (Phi) is 3.77. The quantitative estimate of drug-likeness (QED) is 0.388. The maximum absolute atomic E-state index is 5.41. The third-order valence-electron chi connectivity index (χ3n) is 1.32. The van der Waals surface area contributed by atoms with Crippen molar-refractivity contribution in [3.05, 3.63) is 0 Å². The Morgan fingerprint density at radius 1 is 1.62 bits per heavy atom. The van der Waals surface area contributed by atoms with Gasteiger partial charge in [0.25, 0.3) is 0 Å². The summed E-state index contributed by atoms with van der Waals surface area (Å²) in [5.74, 6) is 5.41. The lowest BCUT2D eigenvalue weighted by molar-refractivity contribution is 0.248. The van der Waals surface area contributed by atoms with Crippen molar-refractivity contribution in [3.8, 4) is 0 Å². The molecule has 0 amide bonds. The van der Waals surface area contributed by atoms with E-state index in [1.54, 1.807) is 5.01 Å². The number of likely N-dealkylation sites (N-methyl/N-ethyl adjacent to an activating group) is 1. The van der Waals surface area contributed by atoms with E-state index >= 15 is 0 Å². The molecule has 0 saturated carbocycles. The van der Waals surface area contributed by atoms with Crippen LogP contribution in [0.1, 0.15) is 13.3 Å². The number of rotatable bonds is 3. The highest BCUT2D eigenvalue weighted by Gasteiger charge is 2.03. The molecule has 0 aromatic heterocycles. The molecule has 0 aromatic rings. The van der Waals surface area contributed by atoms with Gasteiger partial charge in [-0.2, -0.15) is 0 Å². The minimum atomic E-state index is 0.343. The van der Waals surface area contributed by atoms with Gasteiger partial charge in [-0.15, -0.1) is 0 Å². The fourth-order valence-corrected chi connectivity index (χ4v) is 0.621. The minimum Gasteiger partial charge on any atom is -0.329 e. The van der Waals surface area contributed by atoms with E-state index in [0.717, 1.165) is 6.42 Å². The van der Waals surface area contributed by atoms with Crippen LogP contribution in [0.3, 0.4) is 0 Å². The van der Waals surface area contributed by atoms with Crippen molar-refractivity contribution < 1.29 is 0 Å². The summed E-state index contributed by atoms with van der Waals surface area (Å²) in [6.45, 7) is 2.71. The molecular weight excluding hydrogens is 102 g/mol. The third-order valence-corrected chi connectivity index (χ3v) is 1.32. The van der Waals surface area contributed by atoms with E-state index in [-0.39, 0.29) is 0 Å². The molecular formula is C5H15N3. The van der Waals surface area contributed by atoms with Crippen LogP contribution in [0.15, 0.2) is 0 Å². The molecule has 50 valence electrons. The first-order valence-corrected chi connectivity index (χ1v) is 2.90. The highest BCUT2D eigenvalue weighted by Crippen LogP contribution is 1.91. The Morgan fingerprint density at radius 3 is 2.12 bits per heavy atom. The van der Waals surface area contributed by atoms with Crippen LogP contribution in [0.4, 0.5) is 0 Å². The van der Waals surface area contributed by atoms with Gasteiger partial charge < -0.3 is 5.73 Å². The van der Waals surface area contributed by atoms with Gasteiger partial charge in [0.1, 0.15) is 0 Å². The zero-order chi connectivity index (χ0) is 6.57. The van der Waals surface area contributed by atoms with Crippen molar-refractivity contribution in [2.45, 2.75) is 19.4 Å². The molecule has 1 unspecified atom stereocenters. The first-order chi connectivity index (χ1) is 3.72. The van der Waals surface area contributed by atoms with Gasteiger partial charge >= 0.3 is 0 Å². The van der Waals surface area contributed by atoms with Gasteiger partial charge in [0.05, 0.1) is 0 Å². The Balaban J connectivity index is 3.35. The van der Waals surface area contributed by atoms with E-state index in [0.29, 0.717) is 12.6 Å². The molecule has 0 rings (SSSR count). The van der Waals surface area contributed by atoms with Gasteiger partial charge in [0.15, 0.2) is 0 Å². The molecule has 3 nitrogen and oxygen atoms in total. The van der Waals surface area contributed by atoms with E-state index in [4.69, 9.17) is 11.6 Å². The molecule has 0 radical (unpaired) electrons. The number of nitrogens with zero attached hydrogens (tertiary/aromatic N) is 1. The van der Waals surface area contributed by atoms with Gasteiger partial charge in [0, 0.05) is 19.6 Å². The number of hydrazine groups is 1. The molecule has 0 aliphatic carbocycles. The molecule has 0 spiro atoms. The highest BCUT2D eigenvalue weighted by molar-refractivity contribution is 4.61. The van der Waals surface area contributed by atoms with Crippen molar-refractivity contribution in [1.29, 1.82) is 0 Å². The number of hydrogen-bond acceptors (Lipinski definition) is 3. The Labute approximate surface area is 50.6 Å². The molecule has 4 N–H and O–H groups in total. The topological polar surface area (TPSA) is 55.3 Å². The van der Waals surface area contributed by atoms with E-state index in [2.05, 4.69) is 6.92 Å². The van der Waals surface area contributed by atoms with Crippen molar-refractivity contribution >= 4 is 0 Å². The molecule has 0 bridgehead atoms. The van der Waals surface area contributed by atoms with Gasteiger partial charge in [0.2, 0.25) is 0 Å². The van der Waals surface area contributed by atoms with Crippen LogP contribution >= 0.6 is 0 Å². The number of nitrogens with two attached hydrogens (primary N) is 2. The predicted octanol–water partition coefficient (Wildman–Crippen LogP) is -0.471. The largest absolute Gasteiger partial charge is 0.329 e. The Morgan fingerprint density at radius 2 is 2.12 bits per heavy atom. The van der Waals surface area contributed by atoms with Crippen LogP contribution < -0.4 is 11.6 Å². The van der Waals surface area contributed by atoms with Crippen molar-refractivity contribution in [2.24, 2.45) is 11.6 Å². The number of hydrogen-bond donors (Lipinski definition) is 2. The zero-order valence-electron chi connectivity index (χ0n) is 5.59. The van der Waals surface area contributed by atoms with Gasteiger partial charge in [-0.25, -0.2) is 5.01 Å². The summed E-state index contributed by atoms with van der Waals surface area (Å²) in [6, 6.07) is 0.343. The summed E-state index contributed by atoms with van der Waals surface area (Å²) in [5.41, 5.74) is 5.36. The molecule has 0 fully saturated rings. The standard InChI is InChI=1S/C5H15N3/c1-3-5(4-6)8(2)7/h5H,3-4,6-7H2,1-2H3. The van der Waals surface area contributed by atoms with Gasteiger partial charge in [-0.3, -0.25) is 5.84 Å². The minimum absolute atomic E-state index is 0.343. The molecule has 8 heavy (non-hydrogen) atoms. The third kappa shape index (κ3) is 2.26. The molecule has 0 aliphatic rings. The maximum Gasteiger partial charge on any atom is 0.0357 e. The van der Waals surface area contributed by atoms with E-state index in [9.17, 15) is 0 Å². The summed E-state index contributed by atoms with van der Waals surface area (Å²) in [7, 11) is 1.83. The molecule has 3 heteroatoms. The van der Waals surface area contributed by atoms with Gasteiger partial charge in [-0.05, 0) is 6.42 Å². The summed E-state index contributed by atoms with van der Waals surface area (Å²) in [5, 5.41) is 1.65. The van der Waals surface area contributed by atoms with Crippen molar-refractivity contribution in [2.75, 3.05) is 13.6 Å². The normalized spacial score (nSPS) is 14.6. The molecule has 0 aliphatic heterocycles. The summed E-state index contributed by atoms with van der Waals surface area (Å²) < 4.78 is 0. The summed E-state index contributed by atoms with van der Waals surface area (Å²) in [4.78, 5) is 0. The Hall–Kier alpha value is -0.120. The van der Waals surface area contributed by atoms with E-state index in [1.807, 2.05) is 7.05 Å². The van der Waals surface area contributed by atoms with E-state index < -0.39 is 0 Å².